The maximum Gasteiger partial charge on any atom is 0.250 e. The summed E-state index contributed by atoms with van der Waals surface area (Å²) < 4.78 is 0. The fourth-order valence-corrected chi connectivity index (χ4v) is 3.02. The molecule has 0 unspecified atom stereocenters. The molecule has 0 aliphatic carbocycles. The van der Waals surface area contributed by atoms with E-state index in [1.165, 1.54) is 18.0 Å². The molecule has 23 heavy (non-hydrogen) atoms. The van der Waals surface area contributed by atoms with Crippen molar-refractivity contribution in [1.29, 1.82) is 0 Å². The lowest BCUT2D eigenvalue weighted by molar-refractivity contribution is -0.118. The molecular weight excluding hydrogens is 375 g/mol. The van der Waals surface area contributed by atoms with Crippen LogP contribution in [0.4, 0.5) is 0 Å². The topological polar surface area (TPSA) is 41.5 Å². The fraction of sp³-hybridized carbons (Fsp3) is 0.125. The second-order valence-corrected chi connectivity index (χ2v) is 6.84. The van der Waals surface area contributed by atoms with E-state index in [0.29, 0.717) is 26.4 Å². The van der Waals surface area contributed by atoms with Crippen molar-refractivity contribution in [3.8, 4) is 0 Å². The normalized spacial score (nSPS) is 10.9. The quantitative estimate of drug-likeness (QED) is 0.558. The van der Waals surface area contributed by atoms with Crippen LogP contribution in [0.2, 0.25) is 15.1 Å². The number of benzene rings is 2. The summed E-state index contributed by atoms with van der Waals surface area (Å²) in [5.74, 6) is 0.872. The third kappa shape index (κ3) is 6.43. The number of hydrogen-bond acceptors (Lipinski definition) is 3. The summed E-state index contributed by atoms with van der Waals surface area (Å²) in [4.78, 5) is 11.7. The number of hydrazone groups is 1. The van der Waals surface area contributed by atoms with Gasteiger partial charge >= 0.3 is 0 Å². The van der Waals surface area contributed by atoms with Crippen molar-refractivity contribution in [2.45, 2.75) is 5.75 Å². The molecule has 0 bridgehead atoms. The molecule has 0 aliphatic heterocycles. The monoisotopic (exact) mass is 386 g/mol. The van der Waals surface area contributed by atoms with E-state index in [-0.39, 0.29) is 5.91 Å². The minimum absolute atomic E-state index is 0.176. The maximum absolute atomic E-state index is 11.7. The number of rotatable bonds is 6. The van der Waals surface area contributed by atoms with Gasteiger partial charge in [-0.25, -0.2) is 5.43 Å². The third-order valence-corrected chi connectivity index (χ3v) is 4.59. The van der Waals surface area contributed by atoms with Crippen molar-refractivity contribution >= 4 is 58.7 Å². The van der Waals surface area contributed by atoms with Crippen LogP contribution in [-0.4, -0.2) is 17.9 Å². The van der Waals surface area contributed by atoms with Crippen molar-refractivity contribution in [3.05, 3.63) is 68.7 Å². The van der Waals surface area contributed by atoms with E-state index in [1.54, 1.807) is 18.2 Å². The van der Waals surface area contributed by atoms with E-state index >= 15 is 0 Å². The van der Waals surface area contributed by atoms with Crippen LogP contribution < -0.4 is 5.43 Å². The molecule has 1 N–H and O–H groups in total. The van der Waals surface area contributed by atoms with Gasteiger partial charge in [0.05, 0.1) is 17.0 Å². The number of nitrogens with zero attached hydrogens (tertiary/aromatic N) is 1. The molecule has 0 aliphatic rings. The SMILES string of the molecule is O=C(CSCc1ccc(Cl)cc1)NN=Cc1ccc(Cl)cc1Cl. The molecule has 2 aromatic carbocycles. The molecule has 120 valence electrons. The summed E-state index contributed by atoms with van der Waals surface area (Å²) >= 11 is 19.1. The standard InChI is InChI=1S/C16H13Cl3N2OS/c17-13-4-1-11(2-5-13)9-23-10-16(22)21-20-8-12-3-6-14(18)7-15(12)19/h1-8H,9-10H2,(H,21,22). The highest BCUT2D eigenvalue weighted by Crippen LogP contribution is 2.19. The Morgan fingerprint density at radius 3 is 2.48 bits per heavy atom. The third-order valence-electron chi connectivity index (χ3n) is 2.77. The van der Waals surface area contributed by atoms with Gasteiger partial charge in [0, 0.05) is 21.4 Å². The first-order valence-electron chi connectivity index (χ1n) is 6.64. The lowest BCUT2D eigenvalue weighted by Crippen LogP contribution is -2.19. The highest BCUT2D eigenvalue weighted by atomic mass is 35.5. The molecule has 1 amide bonds. The van der Waals surface area contributed by atoms with E-state index < -0.39 is 0 Å². The molecule has 0 fully saturated rings. The summed E-state index contributed by atoms with van der Waals surface area (Å²) in [7, 11) is 0. The van der Waals surface area contributed by atoms with Crippen molar-refractivity contribution in [2.75, 3.05) is 5.75 Å². The molecule has 0 aromatic heterocycles. The largest absolute Gasteiger partial charge is 0.272 e. The maximum atomic E-state index is 11.7. The molecule has 3 nitrogen and oxygen atoms in total. The first-order chi connectivity index (χ1) is 11.0. The summed E-state index contributed by atoms with van der Waals surface area (Å²) in [6.07, 6.45) is 1.49. The van der Waals surface area contributed by atoms with Gasteiger partial charge in [-0.2, -0.15) is 5.10 Å². The van der Waals surface area contributed by atoms with E-state index in [2.05, 4.69) is 10.5 Å². The Balaban J connectivity index is 1.74. The van der Waals surface area contributed by atoms with Crippen LogP contribution in [0, 0.1) is 0 Å². The number of carbonyl (C=O) groups is 1. The zero-order valence-corrected chi connectivity index (χ0v) is 15.0. The minimum atomic E-state index is -0.176. The average molecular weight is 388 g/mol. The van der Waals surface area contributed by atoms with Crippen molar-refractivity contribution in [3.63, 3.8) is 0 Å². The van der Waals surface area contributed by atoms with Gasteiger partial charge in [0.15, 0.2) is 0 Å². The van der Waals surface area contributed by atoms with Crippen molar-refractivity contribution in [1.82, 2.24) is 5.43 Å². The van der Waals surface area contributed by atoms with Gasteiger partial charge in [-0.1, -0.05) is 53.0 Å². The molecule has 2 aromatic rings. The van der Waals surface area contributed by atoms with Gasteiger partial charge in [0.25, 0.3) is 0 Å². The summed E-state index contributed by atoms with van der Waals surface area (Å²) in [5.41, 5.74) is 4.27. The molecule has 0 radical (unpaired) electrons. The van der Waals surface area contributed by atoms with Crippen molar-refractivity contribution < 1.29 is 4.79 Å². The van der Waals surface area contributed by atoms with Crippen LogP contribution in [0.1, 0.15) is 11.1 Å². The number of carbonyl (C=O) groups excluding carboxylic acids is 1. The Morgan fingerprint density at radius 2 is 1.78 bits per heavy atom. The van der Waals surface area contributed by atoms with Crippen LogP contribution in [0.3, 0.4) is 0 Å². The molecule has 0 atom stereocenters. The number of thioether (sulfide) groups is 1. The predicted octanol–water partition coefficient (Wildman–Crippen LogP) is 5.03. The van der Waals surface area contributed by atoms with Gasteiger partial charge in [-0.05, 0) is 29.8 Å². The van der Waals surface area contributed by atoms with Gasteiger partial charge in [0.2, 0.25) is 5.91 Å². The summed E-state index contributed by atoms with van der Waals surface area (Å²) in [6, 6.07) is 12.6. The lowest BCUT2D eigenvalue weighted by Gasteiger charge is -2.02. The zero-order chi connectivity index (χ0) is 16.7. The van der Waals surface area contributed by atoms with E-state index in [9.17, 15) is 4.79 Å². The number of halogens is 3. The van der Waals surface area contributed by atoms with Gasteiger partial charge in [0.1, 0.15) is 0 Å². The average Bonchev–Trinajstić information content (AvgIpc) is 2.51. The van der Waals surface area contributed by atoms with Crippen molar-refractivity contribution in [2.24, 2.45) is 5.10 Å². The zero-order valence-electron chi connectivity index (χ0n) is 11.9. The Morgan fingerprint density at radius 1 is 1.09 bits per heavy atom. The Labute approximate surface area is 154 Å². The smallest absolute Gasteiger partial charge is 0.250 e. The van der Waals surface area contributed by atoms with Crippen LogP contribution in [0.15, 0.2) is 47.6 Å². The van der Waals surface area contributed by atoms with Crippen LogP contribution in [-0.2, 0) is 10.5 Å². The summed E-state index contributed by atoms with van der Waals surface area (Å²) in [6.45, 7) is 0. The van der Waals surface area contributed by atoms with E-state index in [0.717, 1.165) is 11.3 Å². The molecule has 7 heteroatoms. The predicted molar refractivity (Wildman–Crippen MR) is 99.8 cm³/mol. The summed E-state index contributed by atoms with van der Waals surface area (Å²) in [5, 5.41) is 5.62. The first kappa shape index (κ1) is 18.1. The highest BCUT2D eigenvalue weighted by Gasteiger charge is 2.02. The molecule has 0 saturated heterocycles. The van der Waals surface area contributed by atoms with Gasteiger partial charge in [-0.3, -0.25) is 4.79 Å². The van der Waals surface area contributed by atoms with E-state index in [1.807, 2.05) is 24.3 Å². The number of nitrogens with one attached hydrogen (secondary N) is 1. The lowest BCUT2D eigenvalue weighted by atomic mass is 10.2. The molecule has 2 rings (SSSR count). The second-order valence-electron chi connectivity index (χ2n) is 4.58. The molecule has 0 spiro atoms. The molecule has 0 saturated carbocycles. The van der Waals surface area contributed by atoms with E-state index in [4.69, 9.17) is 34.8 Å². The first-order valence-corrected chi connectivity index (χ1v) is 8.92. The molecular formula is C16H13Cl3N2OS. The van der Waals surface area contributed by atoms with Gasteiger partial charge < -0.3 is 0 Å². The van der Waals surface area contributed by atoms with Crippen LogP contribution in [0.5, 0.6) is 0 Å². The second kappa shape index (κ2) is 9.18. The molecule has 0 heterocycles. The Kier molecular flexibility index (Phi) is 7.24. The fourth-order valence-electron chi connectivity index (χ4n) is 1.65. The van der Waals surface area contributed by atoms with Crippen LogP contribution in [0.25, 0.3) is 0 Å². The highest BCUT2D eigenvalue weighted by molar-refractivity contribution is 7.99. The Hall–Kier alpha value is -1.20. The number of amides is 1. The number of hydrogen-bond donors (Lipinski definition) is 1. The van der Waals surface area contributed by atoms with Crippen LogP contribution >= 0.6 is 46.6 Å². The van der Waals surface area contributed by atoms with Gasteiger partial charge in [-0.15, -0.1) is 11.8 Å². The minimum Gasteiger partial charge on any atom is -0.272 e. The Bertz CT molecular complexity index is 705.